The third-order valence-corrected chi connectivity index (χ3v) is 3.81. The van der Waals surface area contributed by atoms with Gasteiger partial charge in [0.25, 0.3) is 5.56 Å². The summed E-state index contributed by atoms with van der Waals surface area (Å²) in [5, 5.41) is 10.6. The van der Waals surface area contributed by atoms with E-state index >= 15 is 0 Å². The minimum atomic E-state index is -0.0957. The number of aromatic nitrogens is 2. The molecule has 1 N–H and O–H groups in total. The molecule has 1 heterocycles. The molecule has 0 saturated heterocycles. The first kappa shape index (κ1) is 15.1. The molecule has 0 spiro atoms. The lowest BCUT2D eigenvalue weighted by Gasteiger charge is -2.16. The zero-order chi connectivity index (χ0) is 13.7. The third-order valence-electron chi connectivity index (χ3n) is 2.95. The molecule has 1 atom stereocenters. The maximum absolute atomic E-state index is 12.4. The monoisotopic (exact) mass is 270 g/mol. The fraction of sp³-hybridized carbons (Fsp3) is 0.692. The standard InChI is InChI=1S/C13H22N2O2S/c1-5-8-9(4)10-11(16)14-13(18-7-3)15(6-2)12(10)17/h9,16H,5-8H2,1-4H3/t9-/m1/s1. The highest BCUT2D eigenvalue weighted by atomic mass is 32.2. The van der Waals surface area contributed by atoms with Crippen molar-refractivity contribution in [2.45, 2.75) is 58.2 Å². The Morgan fingerprint density at radius 3 is 2.56 bits per heavy atom. The van der Waals surface area contributed by atoms with Crippen LogP contribution in [-0.4, -0.2) is 20.4 Å². The predicted octanol–water partition coefficient (Wildman–Crippen LogP) is 2.98. The van der Waals surface area contributed by atoms with Gasteiger partial charge in [0.2, 0.25) is 5.88 Å². The molecule has 0 saturated carbocycles. The van der Waals surface area contributed by atoms with E-state index in [1.807, 2.05) is 20.8 Å². The van der Waals surface area contributed by atoms with Gasteiger partial charge in [-0.2, -0.15) is 4.98 Å². The lowest BCUT2D eigenvalue weighted by atomic mass is 9.98. The van der Waals surface area contributed by atoms with Crippen LogP contribution in [0.5, 0.6) is 5.88 Å². The largest absolute Gasteiger partial charge is 0.493 e. The molecule has 0 bridgehead atoms. The lowest BCUT2D eigenvalue weighted by molar-refractivity contribution is 0.415. The second-order valence-electron chi connectivity index (χ2n) is 4.30. The van der Waals surface area contributed by atoms with Gasteiger partial charge < -0.3 is 5.11 Å². The molecule has 0 radical (unpaired) electrons. The molecule has 0 unspecified atom stereocenters. The number of nitrogens with zero attached hydrogens (tertiary/aromatic N) is 2. The number of rotatable bonds is 6. The van der Waals surface area contributed by atoms with Crippen LogP contribution in [0.3, 0.4) is 0 Å². The summed E-state index contributed by atoms with van der Waals surface area (Å²) in [6, 6.07) is 0. The molecule has 102 valence electrons. The smallest absolute Gasteiger partial charge is 0.261 e. The van der Waals surface area contributed by atoms with Crippen LogP contribution in [0, 0.1) is 0 Å². The van der Waals surface area contributed by atoms with Crippen LogP contribution in [0.15, 0.2) is 9.95 Å². The average molecular weight is 270 g/mol. The van der Waals surface area contributed by atoms with Crippen LogP contribution >= 0.6 is 11.8 Å². The van der Waals surface area contributed by atoms with Crippen molar-refractivity contribution in [3.05, 3.63) is 15.9 Å². The van der Waals surface area contributed by atoms with Crippen molar-refractivity contribution in [1.29, 1.82) is 0 Å². The molecule has 0 aliphatic carbocycles. The molecular weight excluding hydrogens is 248 g/mol. The molecule has 0 aromatic carbocycles. The number of hydrogen-bond acceptors (Lipinski definition) is 4. The van der Waals surface area contributed by atoms with E-state index in [0.717, 1.165) is 18.6 Å². The minimum absolute atomic E-state index is 0.0495. The van der Waals surface area contributed by atoms with E-state index in [9.17, 15) is 9.90 Å². The van der Waals surface area contributed by atoms with Gasteiger partial charge in [-0.15, -0.1) is 0 Å². The molecule has 18 heavy (non-hydrogen) atoms. The van der Waals surface area contributed by atoms with Crippen LogP contribution in [0.1, 0.15) is 52.0 Å². The van der Waals surface area contributed by atoms with E-state index in [-0.39, 0.29) is 17.4 Å². The molecule has 1 aromatic heterocycles. The van der Waals surface area contributed by atoms with Gasteiger partial charge in [0, 0.05) is 6.54 Å². The SMILES string of the molecule is CCC[C@@H](C)c1c(O)nc(SCC)n(CC)c1=O. The van der Waals surface area contributed by atoms with Crippen LogP contribution in [0.4, 0.5) is 0 Å². The second-order valence-corrected chi connectivity index (χ2v) is 5.53. The van der Waals surface area contributed by atoms with Crippen LogP contribution in [-0.2, 0) is 6.54 Å². The molecule has 0 fully saturated rings. The summed E-state index contributed by atoms with van der Waals surface area (Å²) in [5.74, 6) is 0.783. The topological polar surface area (TPSA) is 55.1 Å². The summed E-state index contributed by atoms with van der Waals surface area (Å²) in [6.07, 6.45) is 1.87. The van der Waals surface area contributed by atoms with Crippen molar-refractivity contribution < 1.29 is 5.11 Å². The van der Waals surface area contributed by atoms with Crippen molar-refractivity contribution >= 4 is 11.8 Å². The minimum Gasteiger partial charge on any atom is -0.493 e. The first-order valence-electron chi connectivity index (χ1n) is 6.53. The molecule has 4 nitrogen and oxygen atoms in total. The van der Waals surface area contributed by atoms with Crippen molar-refractivity contribution in [2.75, 3.05) is 5.75 Å². The summed E-state index contributed by atoms with van der Waals surface area (Å²) in [6.45, 7) is 8.55. The third kappa shape index (κ3) is 3.07. The molecule has 1 rings (SSSR count). The normalized spacial score (nSPS) is 12.7. The Bertz CT molecular complexity index is 457. The van der Waals surface area contributed by atoms with Gasteiger partial charge in [-0.05, 0) is 25.0 Å². The van der Waals surface area contributed by atoms with Crippen LogP contribution < -0.4 is 5.56 Å². The zero-order valence-corrected chi connectivity index (χ0v) is 12.4. The van der Waals surface area contributed by atoms with E-state index in [0.29, 0.717) is 17.3 Å². The maximum Gasteiger partial charge on any atom is 0.261 e. The van der Waals surface area contributed by atoms with E-state index in [1.54, 1.807) is 4.57 Å². The Kier molecular flexibility index (Phi) is 5.72. The van der Waals surface area contributed by atoms with Gasteiger partial charge >= 0.3 is 0 Å². The average Bonchev–Trinajstić information content (AvgIpc) is 2.29. The van der Waals surface area contributed by atoms with Gasteiger partial charge in [-0.25, -0.2) is 0 Å². The van der Waals surface area contributed by atoms with E-state index < -0.39 is 0 Å². The second kappa shape index (κ2) is 6.83. The fourth-order valence-corrected chi connectivity index (χ4v) is 2.84. The Morgan fingerprint density at radius 2 is 2.06 bits per heavy atom. The molecule has 5 heteroatoms. The Labute approximate surface area is 112 Å². The predicted molar refractivity (Wildman–Crippen MR) is 75.6 cm³/mol. The van der Waals surface area contributed by atoms with Crippen molar-refractivity contribution in [1.82, 2.24) is 9.55 Å². The number of thioether (sulfide) groups is 1. The molecule has 0 aliphatic rings. The highest BCUT2D eigenvalue weighted by molar-refractivity contribution is 7.99. The Morgan fingerprint density at radius 1 is 1.39 bits per heavy atom. The highest BCUT2D eigenvalue weighted by Crippen LogP contribution is 2.26. The fourth-order valence-electron chi connectivity index (χ4n) is 2.07. The van der Waals surface area contributed by atoms with Crippen LogP contribution in [0.2, 0.25) is 0 Å². The molecule has 1 aromatic rings. The van der Waals surface area contributed by atoms with Crippen molar-refractivity contribution in [3.63, 3.8) is 0 Å². The van der Waals surface area contributed by atoms with E-state index in [4.69, 9.17) is 0 Å². The van der Waals surface area contributed by atoms with Gasteiger partial charge in [0.1, 0.15) is 0 Å². The highest BCUT2D eigenvalue weighted by Gasteiger charge is 2.19. The van der Waals surface area contributed by atoms with Gasteiger partial charge in [-0.3, -0.25) is 9.36 Å². The van der Waals surface area contributed by atoms with Crippen molar-refractivity contribution in [3.8, 4) is 5.88 Å². The zero-order valence-electron chi connectivity index (χ0n) is 11.6. The van der Waals surface area contributed by atoms with Gasteiger partial charge in [0.15, 0.2) is 5.16 Å². The first-order valence-corrected chi connectivity index (χ1v) is 7.51. The maximum atomic E-state index is 12.4. The molecule has 0 aliphatic heterocycles. The Hall–Kier alpha value is -0.970. The lowest BCUT2D eigenvalue weighted by Crippen LogP contribution is -2.27. The first-order chi connectivity index (χ1) is 8.56. The summed E-state index contributed by atoms with van der Waals surface area (Å²) >= 11 is 1.48. The van der Waals surface area contributed by atoms with Gasteiger partial charge in [0.05, 0.1) is 5.56 Å². The summed E-state index contributed by atoms with van der Waals surface area (Å²) in [4.78, 5) is 16.6. The quantitative estimate of drug-likeness (QED) is 0.638. The van der Waals surface area contributed by atoms with Crippen LogP contribution in [0.25, 0.3) is 0 Å². The number of hydrogen-bond donors (Lipinski definition) is 1. The van der Waals surface area contributed by atoms with Gasteiger partial charge in [-0.1, -0.05) is 39.0 Å². The number of aromatic hydroxyl groups is 1. The summed E-state index contributed by atoms with van der Waals surface area (Å²) < 4.78 is 1.65. The van der Waals surface area contributed by atoms with E-state index in [1.165, 1.54) is 11.8 Å². The van der Waals surface area contributed by atoms with E-state index in [2.05, 4.69) is 11.9 Å². The summed E-state index contributed by atoms with van der Waals surface area (Å²) in [5.41, 5.74) is 0.362. The molecular formula is C13H22N2O2S. The van der Waals surface area contributed by atoms with Crippen molar-refractivity contribution in [2.24, 2.45) is 0 Å². The Balaban J connectivity index is 3.33. The summed E-state index contributed by atoms with van der Waals surface area (Å²) in [7, 11) is 0. The molecule has 0 amide bonds.